The number of rotatable bonds is 9. The van der Waals surface area contributed by atoms with E-state index in [1.807, 2.05) is 0 Å². The minimum absolute atomic E-state index is 0.0251. The van der Waals surface area contributed by atoms with Crippen LogP contribution in [0.3, 0.4) is 0 Å². The van der Waals surface area contributed by atoms with Crippen molar-refractivity contribution in [3.05, 3.63) is 5.82 Å². The molecule has 4 rings (SSSR count). The Morgan fingerprint density at radius 3 is 2.66 bits per heavy atom. The molecule has 3 atom stereocenters. The summed E-state index contributed by atoms with van der Waals surface area (Å²) in [6.07, 6.45) is 5.48. The molecule has 1 aromatic rings. The molecule has 0 aromatic carbocycles. The monoisotopic (exact) mass is 408 g/mol. The van der Waals surface area contributed by atoms with Crippen LogP contribution in [-0.2, 0) is 25.5 Å². The Kier molecular flexibility index (Phi) is 7.39. The first kappa shape index (κ1) is 21.0. The normalized spacial score (nSPS) is 28.5. The molecule has 8 nitrogen and oxygen atoms in total. The van der Waals surface area contributed by atoms with Crippen molar-refractivity contribution in [2.75, 3.05) is 65.2 Å². The Balaban J connectivity index is 1.55. The summed E-state index contributed by atoms with van der Waals surface area (Å²) in [7, 11) is 3.54. The Bertz CT molecular complexity index is 634. The maximum absolute atomic E-state index is 6.12. The molecule has 0 saturated carbocycles. The second kappa shape index (κ2) is 10.2. The number of methoxy groups -OCH3 is 2. The van der Waals surface area contributed by atoms with Crippen LogP contribution in [0.4, 0.5) is 5.95 Å². The highest BCUT2D eigenvalue weighted by Gasteiger charge is 2.36. The number of anilines is 1. The zero-order valence-corrected chi connectivity index (χ0v) is 17.9. The lowest BCUT2D eigenvalue weighted by Gasteiger charge is -2.27. The minimum Gasteiger partial charge on any atom is -0.385 e. The molecule has 4 heterocycles. The molecule has 3 saturated heterocycles. The van der Waals surface area contributed by atoms with Crippen LogP contribution in [0.5, 0.6) is 0 Å². The maximum atomic E-state index is 6.12. The van der Waals surface area contributed by atoms with Crippen LogP contribution in [-0.4, -0.2) is 75.1 Å². The van der Waals surface area contributed by atoms with Crippen LogP contribution in [0.1, 0.15) is 44.0 Å². The quantitative estimate of drug-likeness (QED) is 0.621. The van der Waals surface area contributed by atoms with E-state index in [0.717, 1.165) is 83.5 Å². The lowest BCUT2D eigenvalue weighted by atomic mass is 9.99. The van der Waals surface area contributed by atoms with Crippen LogP contribution in [0.15, 0.2) is 0 Å². The zero-order valence-electron chi connectivity index (χ0n) is 17.9. The topological polar surface area (TPSA) is 70.9 Å². The molecule has 1 aromatic heterocycles. The highest BCUT2D eigenvalue weighted by atomic mass is 16.5. The predicted octanol–water partition coefficient (Wildman–Crippen LogP) is 2.29. The molecule has 0 amide bonds. The van der Waals surface area contributed by atoms with E-state index in [-0.39, 0.29) is 6.10 Å². The van der Waals surface area contributed by atoms with E-state index in [4.69, 9.17) is 18.9 Å². The van der Waals surface area contributed by atoms with E-state index in [1.54, 1.807) is 14.2 Å². The van der Waals surface area contributed by atoms with Gasteiger partial charge < -0.3 is 23.8 Å². The summed E-state index contributed by atoms with van der Waals surface area (Å²) in [5.74, 6) is 3.60. The summed E-state index contributed by atoms with van der Waals surface area (Å²) >= 11 is 0. The van der Waals surface area contributed by atoms with Crippen molar-refractivity contribution in [3.63, 3.8) is 0 Å². The molecule has 0 bridgehead atoms. The third kappa shape index (κ3) is 4.93. The largest absolute Gasteiger partial charge is 0.385 e. The summed E-state index contributed by atoms with van der Waals surface area (Å²) < 4.78 is 24.8. The van der Waals surface area contributed by atoms with Crippen molar-refractivity contribution in [1.82, 2.24) is 14.8 Å². The molecule has 0 N–H and O–H groups in total. The van der Waals surface area contributed by atoms with Gasteiger partial charge in [0.1, 0.15) is 6.10 Å². The average molecular weight is 409 g/mol. The number of nitrogens with zero attached hydrogens (tertiary/aromatic N) is 4. The zero-order chi connectivity index (χ0) is 20.1. The lowest BCUT2D eigenvalue weighted by molar-refractivity contribution is 0.0453. The summed E-state index contributed by atoms with van der Waals surface area (Å²) in [6, 6.07) is 0. The van der Waals surface area contributed by atoms with Crippen molar-refractivity contribution < 1.29 is 18.9 Å². The summed E-state index contributed by atoms with van der Waals surface area (Å²) in [6.45, 7) is 7.01. The third-order valence-corrected chi connectivity index (χ3v) is 6.69. The van der Waals surface area contributed by atoms with Gasteiger partial charge in [0.2, 0.25) is 5.95 Å². The molecule has 1 unspecified atom stereocenters. The average Bonchev–Trinajstić information content (AvgIpc) is 3.47. The highest BCUT2D eigenvalue weighted by Crippen LogP contribution is 2.37. The van der Waals surface area contributed by atoms with Gasteiger partial charge in [0.25, 0.3) is 0 Å². The van der Waals surface area contributed by atoms with Crippen LogP contribution in [0.25, 0.3) is 0 Å². The molecule has 0 radical (unpaired) electrons. The number of hydrogen-bond donors (Lipinski definition) is 0. The lowest BCUT2D eigenvalue weighted by Crippen LogP contribution is -2.28. The van der Waals surface area contributed by atoms with Crippen molar-refractivity contribution >= 4 is 5.95 Å². The molecule has 0 spiro atoms. The Morgan fingerprint density at radius 1 is 1.00 bits per heavy atom. The number of aromatic nitrogens is 3. The van der Waals surface area contributed by atoms with Gasteiger partial charge in [0.05, 0.1) is 6.61 Å². The first-order chi connectivity index (χ1) is 14.3. The van der Waals surface area contributed by atoms with E-state index in [1.165, 1.54) is 6.42 Å². The van der Waals surface area contributed by atoms with Crippen molar-refractivity contribution in [2.24, 2.45) is 17.8 Å². The fraction of sp³-hybridized carbons (Fsp3) is 0.905. The molecule has 3 aliphatic heterocycles. The van der Waals surface area contributed by atoms with Crippen LogP contribution >= 0.6 is 0 Å². The van der Waals surface area contributed by atoms with Gasteiger partial charge in [-0.05, 0) is 43.9 Å². The summed E-state index contributed by atoms with van der Waals surface area (Å²) in [5, 5.41) is 9.34. The first-order valence-corrected chi connectivity index (χ1v) is 11.2. The molecule has 29 heavy (non-hydrogen) atoms. The Morgan fingerprint density at radius 2 is 1.86 bits per heavy atom. The van der Waals surface area contributed by atoms with E-state index >= 15 is 0 Å². The second-order valence-corrected chi connectivity index (χ2v) is 8.70. The van der Waals surface area contributed by atoms with E-state index in [0.29, 0.717) is 24.4 Å². The van der Waals surface area contributed by atoms with Gasteiger partial charge in [0, 0.05) is 66.2 Å². The molecule has 3 fully saturated rings. The molecule has 164 valence electrons. The first-order valence-electron chi connectivity index (χ1n) is 11.2. The van der Waals surface area contributed by atoms with Gasteiger partial charge in [-0.2, -0.15) is 0 Å². The summed E-state index contributed by atoms with van der Waals surface area (Å²) in [5.41, 5.74) is 0. The van der Waals surface area contributed by atoms with Gasteiger partial charge in [-0.15, -0.1) is 10.2 Å². The van der Waals surface area contributed by atoms with Crippen LogP contribution in [0, 0.1) is 17.8 Å². The van der Waals surface area contributed by atoms with Crippen LogP contribution in [0.2, 0.25) is 0 Å². The van der Waals surface area contributed by atoms with E-state index < -0.39 is 0 Å². The van der Waals surface area contributed by atoms with Gasteiger partial charge in [-0.25, -0.2) is 0 Å². The smallest absolute Gasteiger partial charge is 0.227 e. The number of hydrogen-bond acceptors (Lipinski definition) is 7. The standard InChI is InChI=1S/C21H36N4O4/c1-26-9-4-16-3-8-24(13-16)21-23-22-20(19-18(15-27-2)7-12-29-19)25(21)14-17-5-10-28-11-6-17/h16-19H,3-15H2,1-2H3/t16?,18-,19-/m1/s1. The fourth-order valence-corrected chi connectivity index (χ4v) is 4.95. The molecule has 0 aliphatic carbocycles. The molecule has 3 aliphatic rings. The van der Waals surface area contributed by atoms with Crippen molar-refractivity contribution in [1.29, 1.82) is 0 Å². The predicted molar refractivity (Wildman–Crippen MR) is 109 cm³/mol. The van der Waals surface area contributed by atoms with E-state index in [2.05, 4.69) is 19.7 Å². The van der Waals surface area contributed by atoms with E-state index in [9.17, 15) is 0 Å². The van der Waals surface area contributed by atoms with Crippen molar-refractivity contribution in [3.8, 4) is 0 Å². The van der Waals surface area contributed by atoms with Gasteiger partial charge in [-0.1, -0.05) is 0 Å². The second-order valence-electron chi connectivity index (χ2n) is 8.70. The SMILES string of the molecule is COCCC1CCN(c2nnc([C@@H]3OCC[C@@H]3COC)n2CC2CCOCC2)C1. The molecular formula is C21H36N4O4. The van der Waals surface area contributed by atoms with Crippen LogP contribution < -0.4 is 4.90 Å². The van der Waals surface area contributed by atoms with Gasteiger partial charge >= 0.3 is 0 Å². The highest BCUT2D eigenvalue weighted by molar-refractivity contribution is 5.34. The number of ether oxygens (including phenoxy) is 4. The summed E-state index contributed by atoms with van der Waals surface area (Å²) in [4.78, 5) is 2.41. The van der Waals surface area contributed by atoms with Crippen molar-refractivity contribution in [2.45, 2.75) is 44.8 Å². The Hall–Kier alpha value is -1.22. The van der Waals surface area contributed by atoms with Gasteiger partial charge in [0.15, 0.2) is 5.82 Å². The maximum Gasteiger partial charge on any atom is 0.227 e. The van der Waals surface area contributed by atoms with Gasteiger partial charge in [-0.3, -0.25) is 4.57 Å². The Labute approximate surface area is 173 Å². The molecular weight excluding hydrogens is 372 g/mol. The fourth-order valence-electron chi connectivity index (χ4n) is 4.95. The minimum atomic E-state index is -0.0251. The molecule has 8 heteroatoms. The third-order valence-electron chi connectivity index (χ3n) is 6.69.